The topological polar surface area (TPSA) is 17.1 Å². The monoisotopic (exact) mass is 422 g/mol. The van der Waals surface area contributed by atoms with E-state index >= 15 is 0 Å². The van der Waals surface area contributed by atoms with Gasteiger partial charge in [-0.25, -0.2) is 4.39 Å². The highest BCUT2D eigenvalue weighted by Gasteiger charge is 2.18. The fourth-order valence-electron chi connectivity index (χ4n) is 4.28. The molecule has 0 unspecified atom stereocenters. The molecular weight excluding hydrogens is 383 g/mol. The molecule has 0 amide bonds. The summed E-state index contributed by atoms with van der Waals surface area (Å²) in [5.41, 5.74) is 7.52. The van der Waals surface area contributed by atoms with E-state index in [1.807, 2.05) is 30.3 Å². The largest absolute Gasteiger partial charge is 0.295 e. The summed E-state index contributed by atoms with van der Waals surface area (Å²) >= 11 is 0. The molecule has 0 N–H and O–H groups in total. The fourth-order valence-corrected chi connectivity index (χ4v) is 4.28. The minimum absolute atomic E-state index is 0.166. The van der Waals surface area contributed by atoms with Gasteiger partial charge in [-0.15, -0.1) is 0 Å². The van der Waals surface area contributed by atoms with Crippen LogP contribution in [0.4, 0.5) is 4.39 Å². The molecule has 0 atom stereocenters. The maximum Gasteiger partial charge on any atom is 0.159 e. The molecule has 3 rings (SSSR count). The van der Waals surface area contributed by atoms with Crippen LogP contribution in [0.25, 0.3) is 5.57 Å². The predicted molar refractivity (Wildman–Crippen MR) is 131 cm³/mol. The molecule has 0 heterocycles. The van der Waals surface area contributed by atoms with E-state index in [1.54, 1.807) is 26.3 Å². The van der Waals surface area contributed by atoms with E-state index in [0.29, 0.717) is 0 Å². The van der Waals surface area contributed by atoms with E-state index < -0.39 is 5.67 Å². The number of aryl methyl sites for hydroxylation is 2. The number of carbonyl (C=O) groups excluding carboxylic acids is 1. The van der Waals surface area contributed by atoms with Crippen LogP contribution in [-0.4, -0.2) is 5.78 Å². The molecule has 2 aromatic carbocycles. The molecule has 0 saturated heterocycles. The van der Waals surface area contributed by atoms with Crippen molar-refractivity contribution in [2.45, 2.75) is 92.2 Å². The Morgan fingerprint density at radius 2 is 1.65 bits per heavy atom. The number of halogens is 1. The highest BCUT2D eigenvalue weighted by Crippen LogP contribution is 2.35. The Bertz CT molecular complexity index is 897. The Morgan fingerprint density at radius 1 is 0.968 bits per heavy atom. The zero-order chi connectivity index (χ0) is 23.0. The second-order valence-electron chi connectivity index (χ2n) is 8.99. The van der Waals surface area contributed by atoms with Crippen LogP contribution in [0.3, 0.4) is 0 Å². The molecule has 0 bridgehead atoms. The van der Waals surface area contributed by atoms with Crippen molar-refractivity contribution in [2.75, 3.05) is 0 Å². The van der Waals surface area contributed by atoms with Crippen molar-refractivity contribution < 1.29 is 9.18 Å². The van der Waals surface area contributed by atoms with Gasteiger partial charge >= 0.3 is 0 Å². The van der Waals surface area contributed by atoms with E-state index in [4.69, 9.17) is 0 Å². The summed E-state index contributed by atoms with van der Waals surface area (Å²) in [6.07, 6.45) is 8.10. The van der Waals surface area contributed by atoms with Crippen molar-refractivity contribution in [3.63, 3.8) is 0 Å². The molecule has 2 aromatic rings. The van der Waals surface area contributed by atoms with Crippen LogP contribution >= 0.6 is 0 Å². The Morgan fingerprint density at radius 3 is 2.16 bits per heavy atom. The molecular formula is C29H39FO. The third-order valence-electron chi connectivity index (χ3n) is 6.15. The third kappa shape index (κ3) is 6.89. The van der Waals surface area contributed by atoms with E-state index in [-0.39, 0.29) is 5.78 Å². The summed E-state index contributed by atoms with van der Waals surface area (Å²) < 4.78 is 13.4. The number of ketones is 1. The van der Waals surface area contributed by atoms with Crippen molar-refractivity contribution in [1.82, 2.24) is 0 Å². The smallest absolute Gasteiger partial charge is 0.159 e. The van der Waals surface area contributed by atoms with Crippen LogP contribution in [0.15, 0.2) is 48.0 Å². The van der Waals surface area contributed by atoms with Crippen molar-refractivity contribution in [3.05, 3.63) is 75.9 Å². The SMILES string of the molecule is CCCC1=C(CC)c2cc(C(C)=O)ccc2CCC1.CCc1ccc(C(C)(C)F)cc1. The lowest BCUT2D eigenvalue weighted by atomic mass is 9.91. The number of rotatable bonds is 6. The fraction of sp³-hybridized carbons (Fsp3) is 0.483. The van der Waals surface area contributed by atoms with Crippen LogP contribution in [0, 0.1) is 0 Å². The maximum atomic E-state index is 13.4. The van der Waals surface area contributed by atoms with Crippen LogP contribution in [0.1, 0.15) is 106 Å². The van der Waals surface area contributed by atoms with Crippen LogP contribution < -0.4 is 0 Å². The van der Waals surface area contributed by atoms with Gasteiger partial charge in [0.25, 0.3) is 0 Å². The standard InChI is InChI=1S/C18H24O.C11H15F/c1-4-7-14-8-6-9-15-10-11-16(13(3)19)12-18(15)17(14)5-2;1-4-9-5-7-10(8-6-9)11(2,3)12/h10-12H,4-9H2,1-3H3;5-8H,4H2,1-3H3. The maximum absolute atomic E-state index is 13.4. The minimum atomic E-state index is -1.22. The van der Waals surface area contributed by atoms with Gasteiger partial charge in [0.15, 0.2) is 5.78 Å². The summed E-state index contributed by atoms with van der Waals surface area (Å²) in [7, 11) is 0. The van der Waals surface area contributed by atoms with Gasteiger partial charge < -0.3 is 0 Å². The number of hydrogen-bond donors (Lipinski definition) is 0. The number of allylic oxidation sites excluding steroid dienone is 2. The van der Waals surface area contributed by atoms with Gasteiger partial charge in [0, 0.05) is 5.56 Å². The first kappa shape index (κ1) is 25.0. The molecule has 168 valence electrons. The second-order valence-corrected chi connectivity index (χ2v) is 8.99. The Hall–Kier alpha value is -2.22. The van der Waals surface area contributed by atoms with Gasteiger partial charge in [0.05, 0.1) is 0 Å². The molecule has 1 aliphatic carbocycles. The summed E-state index contributed by atoms with van der Waals surface area (Å²) in [4.78, 5) is 11.6. The Balaban J connectivity index is 0.000000245. The molecule has 0 spiro atoms. The normalized spacial score (nSPS) is 13.8. The molecule has 0 radical (unpaired) electrons. The quantitative estimate of drug-likeness (QED) is 0.426. The van der Waals surface area contributed by atoms with Gasteiger partial charge in [-0.1, -0.05) is 69.2 Å². The number of carbonyl (C=O) groups is 1. The lowest BCUT2D eigenvalue weighted by molar-refractivity contribution is 0.101. The highest BCUT2D eigenvalue weighted by atomic mass is 19.1. The minimum Gasteiger partial charge on any atom is -0.295 e. The average Bonchev–Trinajstić information content (AvgIpc) is 2.92. The van der Waals surface area contributed by atoms with E-state index in [2.05, 4.69) is 32.9 Å². The first-order valence-electron chi connectivity index (χ1n) is 11.8. The second kappa shape index (κ2) is 11.4. The Labute approximate surface area is 188 Å². The van der Waals surface area contributed by atoms with Crippen molar-refractivity contribution >= 4 is 11.4 Å². The van der Waals surface area contributed by atoms with Crippen LogP contribution in [0.5, 0.6) is 0 Å². The number of fused-ring (bicyclic) bond motifs is 1. The first-order chi connectivity index (χ1) is 14.7. The lowest BCUT2D eigenvalue weighted by Crippen LogP contribution is -2.08. The molecule has 1 nitrogen and oxygen atoms in total. The van der Waals surface area contributed by atoms with E-state index in [0.717, 1.165) is 30.4 Å². The summed E-state index contributed by atoms with van der Waals surface area (Å²) in [5.74, 6) is 0.166. The number of Topliss-reactive ketones (excluding diaryl/α,β-unsaturated/α-hetero) is 1. The highest BCUT2D eigenvalue weighted by molar-refractivity contribution is 5.95. The molecule has 0 fully saturated rings. The molecule has 31 heavy (non-hydrogen) atoms. The van der Waals surface area contributed by atoms with Gasteiger partial charge in [0.1, 0.15) is 5.67 Å². The molecule has 0 aromatic heterocycles. The zero-order valence-corrected chi connectivity index (χ0v) is 20.3. The van der Waals surface area contributed by atoms with Crippen LogP contribution in [0.2, 0.25) is 0 Å². The van der Waals surface area contributed by atoms with Crippen LogP contribution in [-0.2, 0) is 18.5 Å². The summed E-state index contributed by atoms with van der Waals surface area (Å²) in [5, 5.41) is 0. The lowest BCUT2D eigenvalue weighted by Gasteiger charge is -2.14. The van der Waals surface area contributed by atoms with E-state index in [1.165, 1.54) is 47.9 Å². The van der Waals surface area contributed by atoms with Gasteiger partial charge in [-0.05, 0) is 93.2 Å². The zero-order valence-electron chi connectivity index (χ0n) is 20.3. The van der Waals surface area contributed by atoms with Gasteiger partial charge in [-0.2, -0.15) is 0 Å². The third-order valence-corrected chi connectivity index (χ3v) is 6.15. The summed E-state index contributed by atoms with van der Waals surface area (Å²) in [6.45, 7) is 11.4. The number of alkyl halides is 1. The first-order valence-corrected chi connectivity index (χ1v) is 11.8. The van der Waals surface area contributed by atoms with Crippen molar-refractivity contribution in [3.8, 4) is 0 Å². The number of hydrogen-bond acceptors (Lipinski definition) is 1. The molecule has 2 heteroatoms. The number of benzene rings is 2. The molecule has 0 saturated carbocycles. The molecule has 0 aliphatic heterocycles. The van der Waals surface area contributed by atoms with Gasteiger partial charge in [0.2, 0.25) is 0 Å². The molecule has 1 aliphatic rings. The van der Waals surface area contributed by atoms with Gasteiger partial charge in [-0.3, -0.25) is 4.79 Å². The average molecular weight is 423 g/mol. The summed E-state index contributed by atoms with van der Waals surface area (Å²) in [6, 6.07) is 14.0. The van der Waals surface area contributed by atoms with Crippen molar-refractivity contribution in [2.24, 2.45) is 0 Å². The predicted octanol–water partition coefficient (Wildman–Crippen LogP) is 8.64. The Kier molecular flexibility index (Phi) is 9.22. The van der Waals surface area contributed by atoms with E-state index in [9.17, 15) is 9.18 Å². The van der Waals surface area contributed by atoms with Crippen molar-refractivity contribution in [1.29, 1.82) is 0 Å².